The quantitative estimate of drug-likeness (QED) is 0.441. The van der Waals surface area contributed by atoms with Gasteiger partial charge < -0.3 is 15.3 Å². The molecule has 0 bridgehead atoms. The third kappa shape index (κ3) is 3.29. The smallest absolute Gasteiger partial charge is 0.319 e. The Hall–Kier alpha value is -3.76. The van der Waals surface area contributed by atoms with Crippen molar-refractivity contribution in [3.05, 3.63) is 50.6 Å². The van der Waals surface area contributed by atoms with E-state index in [-0.39, 0.29) is 11.4 Å². The molecule has 0 spiro atoms. The van der Waals surface area contributed by atoms with E-state index in [0.717, 1.165) is 12.1 Å². The van der Waals surface area contributed by atoms with E-state index in [1.54, 1.807) is 0 Å². The number of azo groups is 1. The van der Waals surface area contributed by atoms with Gasteiger partial charge in [-0.3, -0.25) is 20.2 Å². The van der Waals surface area contributed by atoms with Crippen LogP contribution in [0.2, 0.25) is 0 Å². The number of benzene rings is 2. The van der Waals surface area contributed by atoms with Gasteiger partial charge in [0.15, 0.2) is 0 Å². The van der Waals surface area contributed by atoms with E-state index in [9.17, 15) is 30.4 Å². The molecule has 0 fully saturated rings. The van der Waals surface area contributed by atoms with Gasteiger partial charge in [0.2, 0.25) is 5.75 Å². The third-order valence-electron chi connectivity index (χ3n) is 2.69. The molecule has 0 radical (unpaired) electrons. The second kappa shape index (κ2) is 5.93. The van der Waals surface area contributed by atoms with Gasteiger partial charge in [-0.2, -0.15) is 0 Å². The Balaban J connectivity index is 2.52. The van der Waals surface area contributed by atoms with Crippen molar-refractivity contribution in [2.24, 2.45) is 10.2 Å². The molecule has 0 aromatic heterocycles. The Bertz CT molecular complexity index is 834. The van der Waals surface area contributed by atoms with E-state index >= 15 is 0 Å². The highest BCUT2D eigenvalue weighted by Crippen LogP contribution is 2.41. The van der Waals surface area contributed by atoms with Crippen LogP contribution in [0.25, 0.3) is 0 Å². The maximum atomic E-state index is 10.8. The van der Waals surface area contributed by atoms with Gasteiger partial charge in [0.25, 0.3) is 5.69 Å². The largest absolute Gasteiger partial charge is 0.508 e. The Morgan fingerprint density at radius 1 is 0.870 bits per heavy atom. The lowest BCUT2D eigenvalue weighted by Crippen LogP contribution is -1.93. The van der Waals surface area contributed by atoms with Crippen LogP contribution in [0.5, 0.6) is 17.2 Å². The molecule has 0 saturated carbocycles. The number of non-ortho nitro benzene ring substituents is 1. The van der Waals surface area contributed by atoms with Crippen LogP contribution >= 0.6 is 0 Å². The highest BCUT2D eigenvalue weighted by molar-refractivity contribution is 5.67. The number of phenolic OH excluding ortho intramolecular Hbond substituents is 3. The number of nitrogens with zero attached hydrogens (tertiary/aromatic N) is 4. The molecule has 2 aromatic carbocycles. The summed E-state index contributed by atoms with van der Waals surface area (Å²) in [7, 11) is 0. The van der Waals surface area contributed by atoms with E-state index in [2.05, 4.69) is 10.2 Å². The summed E-state index contributed by atoms with van der Waals surface area (Å²) in [5.74, 6) is -1.56. The van der Waals surface area contributed by atoms with Crippen LogP contribution in [-0.4, -0.2) is 25.2 Å². The number of phenols is 3. The summed E-state index contributed by atoms with van der Waals surface area (Å²) in [5.41, 5.74) is -2.18. The van der Waals surface area contributed by atoms with Gasteiger partial charge in [-0.15, -0.1) is 10.2 Å². The van der Waals surface area contributed by atoms with Crippen molar-refractivity contribution in [2.75, 3.05) is 0 Å². The van der Waals surface area contributed by atoms with Crippen molar-refractivity contribution in [1.82, 2.24) is 0 Å². The predicted octanol–water partition coefficient (Wildman–Crippen LogP) is 3.04. The fourth-order valence-electron chi connectivity index (χ4n) is 1.61. The molecule has 3 N–H and O–H groups in total. The van der Waals surface area contributed by atoms with E-state index < -0.39 is 38.4 Å². The first-order valence-corrected chi connectivity index (χ1v) is 5.89. The molecule has 0 saturated heterocycles. The Labute approximate surface area is 127 Å². The van der Waals surface area contributed by atoms with Crippen LogP contribution < -0.4 is 0 Å². The molecule has 0 amide bonds. The second-order valence-corrected chi connectivity index (χ2v) is 4.22. The van der Waals surface area contributed by atoms with Gasteiger partial charge in [-0.05, 0) is 12.1 Å². The number of hydrogen-bond donors (Lipinski definition) is 3. The van der Waals surface area contributed by atoms with E-state index in [1.807, 2.05) is 0 Å². The van der Waals surface area contributed by atoms with Gasteiger partial charge >= 0.3 is 5.69 Å². The minimum absolute atomic E-state index is 0.114. The zero-order valence-corrected chi connectivity index (χ0v) is 11.2. The first-order chi connectivity index (χ1) is 10.8. The van der Waals surface area contributed by atoms with Crippen LogP contribution in [0.15, 0.2) is 40.6 Å². The molecule has 2 aromatic rings. The van der Waals surface area contributed by atoms with Crippen molar-refractivity contribution < 1.29 is 25.2 Å². The Kier molecular flexibility index (Phi) is 4.03. The van der Waals surface area contributed by atoms with Crippen LogP contribution in [-0.2, 0) is 0 Å². The Morgan fingerprint density at radius 2 is 1.52 bits per heavy atom. The first-order valence-electron chi connectivity index (χ1n) is 5.89. The number of rotatable bonds is 4. The fourth-order valence-corrected chi connectivity index (χ4v) is 1.61. The van der Waals surface area contributed by atoms with Gasteiger partial charge in [-0.25, -0.2) is 0 Å². The molecule has 11 heteroatoms. The summed E-state index contributed by atoms with van der Waals surface area (Å²) in [5, 5.41) is 57.0. The number of nitro benzene ring substituents is 2. The van der Waals surface area contributed by atoms with Crippen molar-refractivity contribution >= 4 is 22.7 Å². The lowest BCUT2D eigenvalue weighted by Gasteiger charge is -2.01. The topological polar surface area (TPSA) is 172 Å². The standard InChI is InChI=1S/C12H8N4O7/c17-7-1-2-8(11(18)5-7)13-14-9-3-6(15(20)21)4-10(12(9)19)16(22)23/h1-5,17-19H/b14-13+. The predicted molar refractivity (Wildman–Crippen MR) is 75.4 cm³/mol. The van der Waals surface area contributed by atoms with Gasteiger partial charge in [0.1, 0.15) is 22.9 Å². The monoisotopic (exact) mass is 320 g/mol. The van der Waals surface area contributed by atoms with Gasteiger partial charge in [0.05, 0.1) is 15.9 Å². The number of hydrogen-bond acceptors (Lipinski definition) is 9. The minimum Gasteiger partial charge on any atom is -0.508 e. The summed E-state index contributed by atoms with van der Waals surface area (Å²) in [6, 6.07) is 4.75. The molecule has 0 unspecified atom stereocenters. The van der Waals surface area contributed by atoms with Crippen molar-refractivity contribution in [3.63, 3.8) is 0 Å². The van der Waals surface area contributed by atoms with Crippen molar-refractivity contribution in [2.45, 2.75) is 0 Å². The maximum absolute atomic E-state index is 10.8. The molecule has 0 atom stereocenters. The second-order valence-electron chi connectivity index (χ2n) is 4.22. The molecular weight excluding hydrogens is 312 g/mol. The maximum Gasteiger partial charge on any atom is 0.319 e. The summed E-state index contributed by atoms with van der Waals surface area (Å²) in [6.07, 6.45) is 0. The van der Waals surface area contributed by atoms with E-state index in [4.69, 9.17) is 5.11 Å². The van der Waals surface area contributed by atoms with E-state index in [1.165, 1.54) is 12.1 Å². The number of aromatic hydroxyl groups is 3. The molecule has 0 aliphatic rings. The number of nitro groups is 2. The van der Waals surface area contributed by atoms with Crippen molar-refractivity contribution in [1.29, 1.82) is 0 Å². The van der Waals surface area contributed by atoms with E-state index in [0.29, 0.717) is 6.07 Å². The molecule has 0 aliphatic heterocycles. The SMILES string of the molecule is O=[N+]([O-])c1cc(/N=N/c2ccc(O)cc2O)c(O)c([N+](=O)[O-])c1. The molecule has 23 heavy (non-hydrogen) atoms. The highest BCUT2D eigenvalue weighted by atomic mass is 16.6. The Morgan fingerprint density at radius 3 is 2.09 bits per heavy atom. The zero-order valence-electron chi connectivity index (χ0n) is 11.2. The molecule has 2 rings (SSSR count). The summed E-state index contributed by atoms with van der Waals surface area (Å²) in [4.78, 5) is 19.7. The average Bonchev–Trinajstić information content (AvgIpc) is 2.47. The van der Waals surface area contributed by atoms with Crippen LogP contribution in [0.1, 0.15) is 0 Å². The molecule has 118 valence electrons. The third-order valence-corrected chi connectivity index (χ3v) is 2.69. The summed E-state index contributed by atoms with van der Waals surface area (Å²) in [6.45, 7) is 0. The van der Waals surface area contributed by atoms with Crippen LogP contribution in [0, 0.1) is 20.2 Å². The molecule has 0 aliphatic carbocycles. The van der Waals surface area contributed by atoms with Gasteiger partial charge in [0, 0.05) is 12.1 Å². The molecular formula is C12H8N4O7. The molecule has 11 nitrogen and oxygen atoms in total. The summed E-state index contributed by atoms with van der Waals surface area (Å²) >= 11 is 0. The summed E-state index contributed by atoms with van der Waals surface area (Å²) < 4.78 is 0. The zero-order chi connectivity index (χ0) is 17.1. The first kappa shape index (κ1) is 15.6. The highest BCUT2D eigenvalue weighted by Gasteiger charge is 2.24. The van der Waals surface area contributed by atoms with Gasteiger partial charge in [-0.1, -0.05) is 0 Å². The minimum atomic E-state index is -1.00. The molecule has 0 heterocycles. The normalized spacial score (nSPS) is 10.8. The van der Waals surface area contributed by atoms with Crippen LogP contribution in [0.3, 0.4) is 0 Å². The fraction of sp³-hybridized carbons (Fsp3) is 0. The van der Waals surface area contributed by atoms with Crippen molar-refractivity contribution in [3.8, 4) is 17.2 Å². The average molecular weight is 320 g/mol. The lowest BCUT2D eigenvalue weighted by atomic mass is 10.2. The lowest BCUT2D eigenvalue weighted by molar-refractivity contribution is -0.394. The van der Waals surface area contributed by atoms with Crippen LogP contribution in [0.4, 0.5) is 22.7 Å².